The second kappa shape index (κ2) is 4.97. The fraction of sp³-hybridized carbons (Fsp3) is 0.0714. The molecule has 0 unspecified atom stereocenters. The van der Waals surface area contributed by atoms with Crippen LogP contribution >= 0.6 is 0 Å². The Balaban J connectivity index is 2.45. The molecule has 0 aliphatic rings. The lowest BCUT2D eigenvalue weighted by Gasteiger charge is -2.12. The molecular weight excluding hydrogens is 247 g/mol. The molecule has 0 spiro atoms. The number of aryl methyl sites for hydroxylation is 1. The molecule has 0 saturated carbocycles. The Hall–Kier alpha value is -2.56. The molecule has 5 heteroatoms. The highest BCUT2D eigenvalue weighted by Gasteiger charge is 2.11. The minimum absolute atomic E-state index is 0.0814. The van der Waals surface area contributed by atoms with E-state index in [9.17, 15) is 9.18 Å². The van der Waals surface area contributed by atoms with E-state index < -0.39 is 11.8 Å². The zero-order valence-electron chi connectivity index (χ0n) is 10.3. The van der Waals surface area contributed by atoms with Crippen LogP contribution in [0.3, 0.4) is 0 Å². The van der Waals surface area contributed by atoms with Crippen LogP contribution in [-0.2, 0) is 0 Å². The van der Waals surface area contributed by atoms with Gasteiger partial charge in [-0.2, -0.15) is 0 Å². The van der Waals surface area contributed by atoms with Crippen molar-refractivity contribution in [3.05, 3.63) is 53.3 Å². The van der Waals surface area contributed by atoms with Crippen LogP contribution in [0.5, 0.6) is 0 Å². The van der Waals surface area contributed by atoms with E-state index in [0.717, 1.165) is 5.56 Å². The van der Waals surface area contributed by atoms with Crippen molar-refractivity contribution in [3.8, 4) is 0 Å². The van der Waals surface area contributed by atoms with Crippen LogP contribution in [0.2, 0.25) is 0 Å². The summed E-state index contributed by atoms with van der Waals surface area (Å²) in [6.07, 6.45) is 0. The van der Waals surface area contributed by atoms with Gasteiger partial charge in [0.2, 0.25) is 0 Å². The van der Waals surface area contributed by atoms with Gasteiger partial charge in [-0.05, 0) is 42.8 Å². The van der Waals surface area contributed by atoms with Crippen LogP contribution in [0.15, 0.2) is 36.4 Å². The van der Waals surface area contributed by atoms with Crippen molar-refractivity contribution >= 4 is 23.0 Å². The van der Waals surface area contributed by atoms with E-state index in [1.807, 2.05) is 0 Å². The quantitative estimate of drug-likeness (QED) is 0.741. The molecule has 0 amide bonds. The Kier molecular flexibility index (Phi) is 3.37. The standard InChI is InChI=1S/C14H13FN2O2/c1-8-2-3-9(15)6-12(8)17-13-7-10(16)4-5-11(13)14(18)19/h2-7,17H,16H2,1H3,(H,18,19). The molecule has 0 aliphatic heterocycles. The molecule has 4 N–H and O–H groups in total. The topological polar surface area (TPSA) is 75.3 Å². The summed E-state index contributed by atoms with van der Waals surface area (Å²) in [5.41, 5.74) is 7.80. The summed E-state index contributed by atoms with van der Waals surface area (Å²) in [6, 6.07) is 8.70. The molecule has 2 rings (SSSR count). The maximum Gasteiger partial charge on any atom is 0.337 e. The number of anilines is 3. The average molecular weight is 260 g/mol. The second-order valence-corrected chi connectivity index (χ2v) is 4.19. The van der Waals surface area contributed by atoms with Crippen molar-refractivity contribution in [2.45, 2.75) is 6.92 Å². The Labute approximate surface area is 109 Å². The summed E-state index contributed by atoms with van der Waals surface area (Å²) >= 11 is 0. The number of rotatable bonds is 3. The number of carbonyl (C=O) groups is 1. The number of nitrogens with two attached hydrogens (primary N) is 1. The van der Waals surface area contributed by atoms with Gasteiger partial charge in [0, 0.05) is 11.4 Å². The summed E-state index contributed by atoms with van der Waals surface area (Å²) in [5.74, 6) is -1.47. The molecule has 0 radical (unpaired) electrons. The van der Waals surface area contributed by atoms with E-state index in [1.165, 1.54) is 30.3 Å². The number of hydrogen-bond donors (Lipinski definition) is 3. The minimum Gasteiger partial charge on any atom is -0.478 e. The lowest BCUT2D eigenvalue weighted by Crippen LogP contribution is -2.04. The summed E-state index contributed by atoms with van der Waals surface area (Å²) in [5, 5.41) is 12.0. The number of hydrogen-bond acceptors (Lipinski definition) is 3. The molecule has 0 atom stereocenters. The Morgan fingerprint density at radius 1 is 1.21 bits per heavy atom. The van der Waals surface area contributed by atoms with Crippen LogP contribution in [0.4, 0.5) is 21.5 Å². The van der Waals surface area contributed by atoms with Crippen LogP contribution in [0.25, 0.3) is 0 Å². The highest BCUT2D eigenvalue weighted by atomic mass is 19.1. The van der Waals surface area contributed by atoms with E-state index in [4.69, 9.17) is 10.8 Å². The molecule has 2 aromatic carbocycles. The van der Waals surface area contributed by atoms with Gasteiger partial charge in [0.25, 0.3) is 0 Å². The van der Waals surface area contributed by atoms with Crippen molar-refractivity contribution in [1.29, 1.82) is 0 Å². The van der Waals surface area contributed by atoms with Crippen molar-refractivity contribution in [3.63, 3.8) is 0 Å². The number of nitrogen functional groups attached to an aromatic ring is 1. The number of nitrogens with one attached hydrogen (secondary N) is 1. The van der Waals surface area contributed by atoms with Gasteiger partial charge in [-0.15, -0.1) is 0 Å². The number of aromatic carboxylic acids is 1. The molecule has 0 heterocycles. The molecule has 0 aliphatic carbocycles. The van der Waals surface area contributed by atoms with Gasteiger partial charge in [-0.3, -0.25) is 0 Å². The number of carboxylic acid groups (broad SMARTS) is 1. The normalized spacial score (nSPS) is 10.2. The van der Waals surface area contributed by atoms with E-state index in [-0.39, 0.29) is 5.56 Å². The number of halogens is 1. The van der Waals surface area contributed by atoms with Gasteiger partial charge in [0.05, 0.1) is 11.3 Å². The smallest absolute Gasteiger partial charge is 0.337 e. The van der Waals surface area contributed by atoms with E-state index in [0.29, 0.717) is 17.1 Å². The average Bonchev–Trinajstić information content (AvgIpc) is 2.33. The lowest BCUT2D eigenvalue weighted by atomic mass is 10.1. The summed E-state index contributed by atoms with van der Waals surface area (Å²) < 4.78 is 13.2. The predicted octanol–water partition coefficient (Wildman–Crippen LogP) is 3.16. The first-order valence-electron chi connectivity index (χ1n) is 5.63. The number of benzene rings is 2. The third kappa shape index (κ3) is 2.82. The zero-order valence-corrected chi connectivity index (χ0v) is 10.3. The third-order valence-corrected chi connectivity index (χ3v) is 2.74. The molecule has 4 nitrogen and oxygen atoms in total. The maximum atomic E-state index is 13.2. The van der Waals surface area contributed by atoms with Crippen LogP contribution in [-0.4, -0.2) is 11.1 Å². The highest BCUT2D eigenvalue weighted by Crippen LogP contribution is 2.26. The van der Waals surface area contributed by atoms with Crippen molar-refractivity contribution in [2.24, 2.45) is 0 Å². The summed E-state index contributed by atoms with van der Waals surface area (Å²) in [4.78, 5) is 11.1. The fourth-order valence-electron chi connectivity index (χ4n) is 1.73. The van der Waals surface area contributed by atoms with E-state index in [2.05, 4.69) is 5.32 Å². The van der Waals surface area contributed by atoms with Crippen LogP contribution in [0, 0.1) is 12.7 Å². The molecule has 19 heavy (non-hydrogen) atoms. The SMILES string of the molecule is Cc1ccc(F)cc1Nc1cc(N)ccc1C(=O)O. The largest absolute Gasteiger partial charge is 0.478 e. The highest BCUT2D eigenvalue weighted by molar-refractivity contribution is 5.96. The molecule has 0 bridgehead atoms. The maximum absolute atomic E-state index is 13.2. The third-order valence-electron chi connectivity index (χ3n) is 2.74. The Bertz CT molecular complexity index is 641. The Morgan fingerprint density at radius 2 is 1.95 bits per heavy atom. The molecular formula is C14H13FN2O2. The van der Waals surface area contributed by atoms with Crippen LogP contribution < -0.4 is 11.1 Å². The van der Waals surface area contributed by atoms with Gasteiger partial charge >= 0.3 is 5.97 Å². The zero-order chi connectivity index (χ0) is 14.0. The van der Waals surface area contributed by atoms with Crippen molar-refractivity contribution < 1.29 is 14.3 Å². The Morgan fingerprint density at radius 3 is 2.63 bits per heavy atom. The van der Waals surface area contributed by atoms with Gasteiger partial charge in [-0.1, -0.05) is 6.07 Å². The van der Waals surface area contributed by atoms with Gasteiger partial charge in [-0.25, -0.2) is 9.18 Å². The first-order valence-corrected chi connectivity index (χ1v) is 5.63. The van der Waals surface area contributed by atoms with Crippen LogP contribution in [0.1, 0.15) is 15.9 Å². The summed E-state index contributed by atoms with van der Waals surface area (Å²) in [7, 11) is 0. The first kappa shape index (κ1) is 12.9. The van der Waals surface area contributed by atoms with Gasteiger partial charge in [0.15, 0.2) is 0 Å². The van der Waals surface area contributed by atoms with E-state index >= 15 is 0 Å². The fourth-order valence-corrected chi connectivity index (χ4v) is 1.73. The monoisotopic (exact) mass is 260 g/mol. The number of carboxylic acids is 1. The minimum atomic E-state index is -1.07. The lowest BCUT2D eigenvalue weighted by molar-refractivity contribution is 0.0698. The molecule has 0 fully saturated rings. The second-order valence-electron chi connectivity index (χ2n) is 4.19. The van der Waals surface area contributed by atoms with Gasteiger partial charge in [0.1, 0.15) is 5.82 Å². The molecule has 98 valence electrons. The van der Waals surface area contributed by atoms with Crippen molar-refractivity contribution in [1.82, 2.24) is 0 Å². The predicted molar refractivity (Wildman–Crippen MR) is 72.2 cm³/mol. The molecule has 0 saturated heterocycles. The van der Waals surface area contributed by atoms with Crippen molar-refractivity contribution in [2.75, 3.05) is 11.1 Å². The summed E-state index contributed by atoms with van der Waals surface area (Å²) in [6.45, 7) is 1.80. The van der Waals surface area contributed by atoms with E-state index in [1.54, 1.807) is 13.0 Å². The first-order chi connectivity index (χ1) is 8.97. The molecule has 2 aromatic rings. The van der Waals surface area contributed by atoms with Gasteiger partial charge < -0.3 is 16.2 Å². The molecule has 0 aromatic heterocycles.